The van der Waals surface area contributed by atoms with E-state index in [9.17, 15) is 31.2 Å². The Balaban J connectivity index is 1.98. The number of carbonyl (C=O) groups is 2. The van der Waals surface area contributed by atoms with Crippen LogP contribution in [0.5, 0.6) is 0 Å². The maximum atomic E-state index is 13.2. The van der Waals surface area contributed by atoms with Gasteiger partial charge in [0, 0.05) is 0 Å². The summed E-state index contributed by atoms with van der Waals surface area (Å²) in [5.41, 5.74) is -0.899. The average molecular weight is 462 g/mol. The van der Waals surface area contributed by atoms with Crippen LogP contribution in [0.15, 0.2) is 42.5 Å². The van der Waals surface area contributed by atoms with Crippen LogP contribution in [0.1, 0.15) is 5.56 Å². The number of amides is 2. The van der Waals surface area contributed by atoms with Crippen LogP contribution in [-0.4, -0.2) is 39.6 Å². The zero-order valence-corrected chi connectivity index (χ0v) is 17.0. The lowest BCUT2D eigenvalue weighted by Gasteiger charge is -2.31. The summed E-state index contributed by atoms with van der Waals surface area (Å²) in [6.07, 6.45) is -4.05. The molecule has 1 aliphatic heterocycles. The van der Waals surface area contributed by atoms with Gasteiger partial charge in [-0.3, -0.25) is 18.8 Å². The van der Waals surface area contributed by atoms with E-state index < -0.39 is 45.1 Å². The molecule has 160 valence electrons. The molecule has 0 aliphatic carbocycles. The van der Waals surface area contributed by atoms with Crippen molar-refractivity contribution >= 4 is 50.5 Å². The fraction of sp³-hybridized carbons (Fsp3) is 0.222. The summed E-state index contributed by atoms with van der Waals surface area (Å²) in [6.45, 7) is -1.17. The minimum Gasteiger partial charge on any atom is -0.323 e. The highest BCUT2D eigenvalue weighted by Gasteiger charge is 2.35. The number of anilines is 3. The SMILES string of the molecule is CS(=O)(=O)N(CC(=O)N1CC(=O)Nc2ccccc21)c1ccc(Cl)c(C(F)(F)F)c1. The van der Waals surface area contributed by atoms with E-state index in [1.165, 1.54) is 0 Å². The molecule has 0 saturated heterocycles. The molecule has 1 heterocycles. The lowest BCUT2D eigenvalue weighted by atomic mass is 10.1. The van der Waals surface area contributed by atoms with Gasteiger partial charge in [0.1, 0.15) is 13.1 Å². The van der Waals surface area contributed by atoms with Gasteiger partial charge in [-0.25, -0.2) is 8.42 Å². The standard InChI is InChI=1S/C18H15ClF3N3O4S/c1-30(28,29)25(11-6-7-13(19)12(8-11)18(20,21)22)10-17(27)24-9-16(26)23-14-4-2-3-5-15(14)24/h2-8H,9-10H2,1H3,(H,23,26). The van der Waals surface area contributed by atoms with Gasteiger partial charge in [-0.15, -0.1) is 0 Å². The number of halogens is 4. The predicted molar refractivity (Wildman–Crippen MR) is 106 cm³/mol. The van der Waals surface area contributed by atoms with Crippen LogP contribution in [0.2, 0.25) is 5.02 Å². The summed E-state index contributed by atoms with van der Waals surface area (Å²) < 4.78 is 64.6. The first-order chi connectivity index (χ1) is 13.9. The van der Waals surface area contributed by atoms with Gasteiger partial charge in [0.2, 0.25) is 21.8 Å². The molecule has 2 amide bonds. The topological polar surface area (TPSA) is 86.8 Å². The summed E-state index contributed by atoms with van der Waals surface area (Å²) in [4.78, 5) is 25.9. The van der Waals surface area contributed by atoms with Crippen LogP contribution in [-0.2, 0) is 25.8 Å². The first-order valence-corrected chi connectivity index (χ1v) is 10.6. The number of nitrogens with zero attached hydrogens (tertiary/aromatic N) is 2. The highest BCUT2D eigenvalue weighted by molar-refractivity contribution is 7.92. The van der Waals surface area contributed by atoms with Gasteiger partial charge < -0.3 is 5.32 Å². The third-order valence-corrected chi connectivity index (χ3v) is 5.76. The van der Waals surface area contributed by atoms with Crippen molar-refractivity contribution in [3.05, 3.63) is 53.1 Å². The molecule has 1 N–H and O–H groups in total. The monoisotopic (exact) mass is 461 g/mol. The number of fused-ring (bicyclic) bond motifs is 1. The second-order valence-corrected chi connectivity index (χ2v) is 8.79. The molecule has 12 heteroatoms. The first kappa shape index (κ1) is 21.9. The van der Waals surface area contributed by atoms with Crippen molar-refractivity contribution in [2.24, 2.45) is 0 Å². The second kappa shape index (κ2) is 7.80. The van der Waals surface area contributed by atoms with E-state index in [2.05, 4.69) is 5.32 Å². The van der Waals surface area contributed by atoms with Crippen LogP contribution >= 0.6 is 11.6 Å². The van der Waals surface area contributed by atoms with Crippen molar-refractivity contribution in [2.75, 3.05) is 33.9 Å². The van der Waals surface area contributed by atoms with E-state index in [0.717, 1.165) is 23.3 Å². The molecular formula is C18H15ClF3N3O4S. The summed E-state index contributed by atoms with van der Waals surface area (Å²) in [7, 11) is -4.14. The Morgan fingerprint density at radius 2 is 1.90 bits per heavy atom. The quantitative estimate of drug-likeness (QED) is 0.758. The van der Waals surface area contributed by atoms with E-state index in [1.54, 1.807) is 24.3 Å². The molecule has 0 unspecified atom stereocenters. The number of alkyl halides is 3. The number of benzene rings is 2. The summed E-state index contributed by atoms with van der Waals surface area (Å²) in [6, 6.07) is 8.93. The van der Waals surface area contributed by atoms with E-state index >= 15 is 0 Å². The summed E-state index contributed by atoms with van der Waals surface area (Å²) in [5.74, 6) is -1.27. The molecule has 0 atom stereocenters. The third-order valence-electron chi connectivity index (χ3n) is 4.29. The van der Waals surface area contributed by atoms with Crippen LogP contribution in [0, 0.1) is 0 Å². The second-order valence-electron chi connectivity index (χ2n) is 6.48. The first-order valence-electron chi connectivity index (χ1n) is 8.41. The summed E-state index contributed by atoms with van der Waals surface area (Å²) >= 11 is 5.59. The molecule has 30 heavy (non-hydrogen) atoms. The molecule has 3 rings (SSSR count). The normalized spacial score (nSPS) is 14.2. The number of rotatable bonds is 4. The zero-order valence-electron chi connectivity index (χ0n) is 15.4. The van der Waals surface area contributed by atoms with Crippen molar-refractivity contribution in [3.8, 4) is 0 Å². The molecule has 1 aliphatic rings. The molecule has 0 aromatic heterocycles. The van der Waals surface area contributed by atoms with Gasteiger partial charge in [0.15, 0.2) is 0 Å². The lowest BCUT2D eigenvalue weighted by molar-refractivity contribution is -0.137. The smallest absolute Gasteiger partial charge is 0.323 e. The molecular weight excluding hydrogens is 447 g/mol. The van der Waals surface area contributed by atoms with Crippen LogP contribution in [0.3, 0.4) is 0 Å². The number of para-hydroxylation sites is 2. The van der Waals surface area contributed by atoms with Crippen LogP contribution in [0.25, 0.3) is 0 Å². The maximum Gasteiger partial charge on any atom is 0.417 e. The molecule has 0 saturated carbocycles. The number of nitrogens with one attached hydrogen (secondary N) is 1. The summed E-state index contributed by atoms with van der Waals surface area (Å²) in [5, 5.41) is 1.98. The van der Waals surface area contributed by atoms with Crippen LogP contribution in [0.4, 0.5) is 30.2 Å². The maximum absolute atomic E-state index is 13.2. The third kappa shape index (κ3) is 4.51. The minimum atomic E-state index is -4.82. The Morgan fingerprint density at radius 3 is 2.53 bits per heavy atom. The fourth-order valence-corrected chi connectivity index (χ4v) is 4.02. The van der Waals surface area contributed by atoms with Crippen molar-refractivity contribution in [1.82, 2.24) is 0 Å². The van der Waals surface area contributed by atoms with Crippen molar-refractivity contribution in [3.63, 3.8) is 0 Å². The Morgan fingerprint density at radius 1 is 1.23 bits per heavy atom. The Bertz CT molecular complexity index is 1120. The Kier molecular flexibility index (Phi) is 5.70. The number of sulfonamides is 1. The van der Waals surface area contributed by atoms with Gasteiger partial charge in [-0.05, 0) is 30.3 Å². The Labute approximate surface area is 175 Å². The lowest BCUT2D eigenvalue weighted by Crippen LogP contribution is -2.47. The molecule has 7 nitrogen and oxygen atoms in total. The average Bonchev–Trinajstić information content (AvgIpc) is 2.64. The van der Waals surface area contributed by atoms with Crippen molar-refractivity contribution in [1.29, 1.82) is 0 Å². The van der Waals surface area contributed by atoms with E-state index in [0.29, 0.717) is 21.7 Å². The van der Waals surface area contributed by atoms with Gasteiger partial charge in [0.05, 0.1) is 33.9 Å². The molecule has 0 radical (unpaired) electrons. The van der Waals surface area contributed by atoms with E-state index in [1.807, 2.05) is 0 Å². The van der Waals surface area contributed by atoms with Gasteiger partial charge in [0.25, 0.3) is 0 Å². The van der Waals surface area contributed by atoms with E-state index in [-0.39, 0.29) is 12.2 Å². The highest BCUT2D eigenvalue weighted by atomic mass is 35.5. The highest BCUT2D eigenvalue weighted by Crippen LogP contribution is 2.37. The van der Waals surface area contributed by atoms with Gasteiger partial charge >= 0.3 is 6.18 Å². The molecule has 0 fully saturated rings. The molecule has 2 aromatic carbocycles. The zero-order chi connectivity index (χ0) is 22.3. The number of hydrogen-bond donors (Lipinski definition) is 1. The van der Waals surface area contributed by atoms with E-state index in [4.69, 9.17) is 11.6 Å². The largest absolute Gasteiger partial charge is 0.417 e. The van der Waals surface area contributed by atoms with Crippen molar-refractivity contribution < 1.29 is 31.2 Å². The molecule has 0 bridgehead atoms. The number of carbonyl (C=O) groups excluding carboxylic acids is 2. The fourth-order valence-electron chi connectivity index (χ4n) is 2.95. The minimum absolute atomic E-state index is 0.350. The predicted octanol–water partition coefficient (Wildman–Crippen LogP) is 3.11. The van der Waals surface area contributed by atoms with Gasteiger partial charge in [-0.1, -0.05) is 23.7 Å². The Hall–Kier alpha value is -2.79. The number of hydrogen-bond acceptors (Lipinski definition) is 4. The molecule has 0 spiro atoms. The van der Waals surface area contributed by atoms with Crippen LogP contribution < -0.4 is 14.5 Å². The van der Waals surface area contributed by atoms with Gasteiger partial charge in [-0.2, -0.15) is 13.2 Å². The molecule has 2 aromatic rings. The van der Waals surface area contributed by atoms with Crippen molar-refractivity contribution in [2.45, 2.75) is 6.18 Å².